The zero-order valence-corrected chi connectivity index (χ0v) is 16.9. The molecule has 1 amide bonds. The molecule has 1 atom stereocenters. The number of hydrogen-bond acceptors (Lipinski definition) is 2. The number of pyridine rings is 1. The number of carbonyl (C=O) groups excluding carboxylic acids is 1. The van der Waals surface area contributed by atoms with Crippen LogP contribution in [-0.2, 0) is 17.6 Å². The van der Waals surface area contributed by atoms with Gasteiger partial charge in [0.15, 0.2) is 0 Å². The van der Waals surface area contributed by atoms with Gasteiger partial charge in [-0.3, -0.25) is 9.78 Å². The van der Waals surface area contributed by atoms with E-state index < -0.39 is 6.39 Å². The van der Waals surface area contributed by atoms with E-state index in [0.717, 1.165) is 25.7 Å². The average Bonchev–Trinajstić information content (AvgIpc) is 2.83. The number of aromatic nitrogens is 1. The molecule has 142 valence electrons. The van der Waals surface area contributed by atoms with Crippen molar-refractivity contribution in [3.8, 4) is 0 Å². The van der Waals surface area contributed by atoms with Gasteiger partial charge in [-0.1, -0.05) is 12.1 Å². The van der Waals surface area contributed by atoms with E-state index in [9.17, 15) is 4.79 Å². The van der Waals surface area contributed by atoms with Gasteiger partial charge < -0.3 is 4.90 Å². The van der Waals surface area contributed by atoms with E-state index in [1.54, 1.807) is 4.90 Å². The molecule has 1 aliphatic carbocycles. The fourth-order valence-electron chi connectivity index (χ4n) is 5.24. The third-order valence-corrected chi connectivity index (χ3v) is 6.76. The first-order valence-electron chi connectivity index (χ1n) is 10.7. The van der Waals surface area contributed by atoms with E-state index in [2.05, 4.69) is 39.8 Å². The molecular formula is C24H30N2O. The van der Waals surface area contributed by atoms with Crippen LogP contribution in [0.3, 0.4) is 0 Å². The number of rotatable bonds is 1. The summed E-state index contributed by atoms with van der Waals surface area (Å²) >= 11 is 0. The lowest BCUT2D eigenvalue weighted by atomic mass is 9.74. The number of benzene rings is 1. The van der Waals surface area contributed by atoms with Gasteiger partial charge in [0.25, 0.3) is 0 Å². The summed E-state index contributed by atoms with van der Waals surface area (Å²) in [6, 6.07) is 4.66. The van der Waals surface area contributed by atoms with E-state index in [1.807, 2.05) is 6.20 Å². The lowest BCUT2D eigenvalue weighted by molar-refractivity contribution is -0.119. The largest absolute Gasteiger partial charge is 0.345 e. The Balaban J connectivity index is 1.84. The molecule has 2 heterocycles. The molecule has 0 spiro atoms. The summed E-state index contributed by atoms with van der Waals surface area (Å²) in [6.45, 7) is 10.2. The summed E-state index contributed by atoms with van der Waals surface area (Å²) in [5, 5.41) is 0. The second-order valence-corrected chi connectivity index (χ2v) is 8.48. The molecule has 27 heavy (non-hydrogen) atoms. The summed E-state index contributed by atoms with van der Waals surface area (Å²) in [5.74, 6) is 0.748. The van der Waals surface area contributed by atoms with Gasteiger partial charge in [-0.2, -0.15) is 0 Å². The number of piperidine rings is 1. The van der Waals surface area contributed by atoms with Crippen molar-refractivity contribution in [3.05, 3.63) is 63.0 Å². The molecule has 2 aliphatic rings. The molecule has 0 saturated carbocycles. The first kappa shape index (κ1) is 17.0. The number of fused-ring (bicyclic) bond motifs is 2. The van der Waals surface area contributed by atoms with Gasteiger partial charge in [-0.25, -0.2) is 0 Å². The highest BCUT2D eigenvalue weighted by molar-refractivity contribution is 5.53. The second kappa shape index (κ2) is 7.10. The Labute approximate surface area is 164 Å². The van der Waals surface area contributed by atoms with Gasteiger partial charge in [0, 0.05) is 25.2 Å². The molecular weight excluding hydrogens is 332 g/mol. The molecule has 1 aliphatic heterocycles. The molecule has 4 rings (SSSR count). The number of carbonyl (C=O) groups is 1. The highest BCUT2D eigenvalue weighted by Gasteiger charge is 2.35. The third-order valence-electron chi connectivity index (χ3n) is 6.76. The van der Waals surface area contributed by atoms with E-state index in [1.165, 1.54) is 44.6 Å². The number of hydrogen-bond donors (Lipinski definition) is 0. The van der Waals surface area contributed by atoms with Crippen molar-refractivity contribution in [3.63, 3.8) is 0 Å². The molecule has 0 bridgehead atoms. The molecule has 1 unspecified atom stereocenters. The smallest absolute Gasteiger partial charge is 0.209 e. The van der Waals surface area contributed by atoms with Crippen molar-refractivity contribution in [2.75, 3.05) is 13.1 Å². The van der Waals surface area contributed by atoms with Gasteiger partial charge in [-0.15, -0.1) is 0 Å². The Kier molecular flexibility index (Phi) is 4.47. The second-order valence-electron chi connectivity index (χ2n) is 8.48. The van der Waals surface area contributed by atoms with Crippen LogP contribution in [0.5, 0.6) is 0 Å². The first-order valence-corrected chi connectivity index (χ1v) is 10.2. The standard InChI is InChI=1S/C24H30N2O/c1-15-11-20-5-6-21-18(4)16(2)12-17(3)22(21)23(24(20)25-13-15)19-7-9-26(14-27)10-8-19/h11-14,19,23H,5-10H2,1-4H3/i14T. The van der Waals surface area contributed by atoms with E-state index in [0.29, 0.717) is 19.0 Å². The van der Waals surface area contributed by atoms with Crippen molar-refractivity contribution < 1.29 is 6.17 Å². The van der Waals surface area contributed by atoms with Crippen LogP contribution in [0.1, 0.15) is 64.8 Å². The topological polar surface area (TPSA) is 33.2 Å². The van der Waals surface area contributed by atoms with Gasteiger partial charge in [-0.05, 0) is 98.2 Å². The summed E-state index contributed by atoms with van der Waals surface area (Å²) in [6.07, 6.45) is 5.46. The average molecular weight is 365 g/mol. The minimum Gasteiger partial charge on any atom is -0.345 e. The molecule has 1 aromatic carbocycles. The Morgan fingerprint density at radius 2 is 1.85 bits per heavy atom. The van der Waals surface area contributed by atoms with Crippen molar-refractivity contribution in [1.82, 2.24) is 9.88 Å². The number of amides is 1. The van der Waals surface area contributed by atoms with Crippen LogP contribution >= 0.6 is 0 Å². The predicted molar refractivity (Wildman–Crippen MR) is 109 cm³/mol. The minimum atomic E-state index is -0.545. The quantitative estimate of drug-likeness (QED) is 0.702. The summed E-state index contributed by atoms with van der Waals surface area (Å²) in [4.78, 5) is 18.1. The molecule has 3 nitrogen and oxygen atoms in total. The summed E-state index contributed by atoms with van der Waals surface area (Å²) in [7, 11) is 0. The van der Waals surface area contributed by atoms with Gasteiger partial charge in [0.05, 0.1) is 5.69 Å². The molecule has 3 heteroatoms. The lowest BCUT2D eigenvalue weighted by Gasteiger charge is -2.36. The highest BCUT2D eigenvalue weighted by atomic mass is 16.1. The van der Waals surface area contributed by atoms with Gasteiger partial charge in [0.2, 0.25) is 6.39 Å². The first-order chi connectivity index (χ1) is 13.4. The Morgan fingerprint density at radius 1 is 1.11 bits per heavy atom. The highest BCUT2D eigenvalue weighted by Crippen LogP contribution is 2.44. The van der Waals surface area contributed by atoms with Crippen LogP contribution in [0.2, 0.25) is 0 Å². The molecule has 0 radical (unpaired) electrons. The van der Waals surface area contributed by atoms with E-state index in [4.69, 9.17) is 6.35 Å². The molecule has 1 aromatic heterocycles. The van der Waals surface area contributed by atoms with Crippen molar-refractivity contribution in [1.29, 1.82) is 0 Å². The zero-order valence-electron chi connectivity index (χ0n) is 17.9. The van der Waals surface area contributed by atoms with Crippen LogP contribution in [0, 0.1) is 33.6 Å². The summed E-state index contributed by atoms with van der Waals surface area (Å²) < 4.78 is 7.44. The zero-order chi connectivity index (χ0) is 20.0. The van der Waals surface area contributed by atoms with Crippen LogP contribution < -0.4 is 0 Å². The van der Waals surface area contributed by atoms with E-state index >= 15 is 0 Å². The minimum absolute atomic E-state index is 0.287. The van der Waals surface area contributed by atoms with Crippen molar-refractivity contribution in [2.24, 2.45) is 5.92 Å². The Hall–Kier alpha value is -2.16. The third kappa shape index (κ3) is 3.18. The van der Waals surface area contributed by atoms with Crippen LogP contribution in [0.4, 0.5) is 0 Å². The fraction of sp³-hybridized carbons (Fsp3) is 0.500. The molecule has 1 fully saturated rings. The van der Waals surface area contributed by atoms with Crippen molar-refractivity contribution >= 4 is 6.39 Å². The normalized spacial score (nSPS) is 20.5. The fourth-order valence-corrected chi connectivity index (χ4v) is 5.24. The van der Waals surface area contributed by atoms with Gasteiger partial charge >= 0.3 is 0 Å². The molecule has 1 saturated heterocycles. The Morgan fingerprint density at radius 3 is 2.56 bits per heavy atom. The predicted octanol–water partition coefficient (Wildman–Crippen LogP) is 4.41. The SMILES string of the molecule is [3H]C(=O)N1CCC(C2c3ncc(C)cc3CCc3c(C)c(C)cc(C)c32)CC1. The van der Waals surface area contributed by atoms with E-state index in [-0.39, 0.29) is 5.92 Å². The van der Waals surface area contributed by atoms with Gasteiger partial charge in [0.1, 0.15) is 1.37 Å². The Bertz CT molecular complexity index is 929. The molecule has 0 N–H and O–H groups in total. The van der Waals surface area contributed by atoms with Crippen molar-refractivity contribution in [2.45, 2.75) is 59.3 Å². The maximum atomic E-state index is 11.5. The van der Waals surface area contributed by atoms with Crippen LogP contribution in [-0.4, -0.2) is 29.4 Å². The monoisotopic (exact) mass is 364 g/mol. The molecule has 2 aromatic rings. The van der Waals surface area contributed by atoms with Crippen LogP contribution in [0.25, 0.3) is 0 Å². The number of aryl methyl sites for hydroxylation is 4. The number of likely N-dealkylation sites (tertiary alicyclic amines) is 1. The maximum absolute atomic E-state index is 11.5. The number of nitrogens with zero attached hydrogens (tertiary/aromatic N) is 2. The summed E-state index contributed by atoms with van der Waals surface area (Å²) in [5.41, 5.74) is 11.0. The maximum Gasteiger partial charge on any atom is 0.209 e. The lowest BCUT2D eigenvalue weighted by Crippen LogP contribution is -2.35. The van der Waals surface area contributed by atoms with Crippen LogP contribution in [0.15, 0.2) is 18.3 Å².